The Morgan fingerprint density at radius 2 is 1.81 bits per heavy atom. The SMILES string of the molecule is CCCn1c(C)cc(C=C(C#N)C(=O)N2CCC(C(=O)c3ccc(C)cc3C)CC2)c1C. The Hall–Kier alpha value is -3.13. The summed E-state index contributed by atoms with van der Waals surface area (Å²) in [5.74, 6) is -0.165. The molecule has 32 heavy (non-hydrogen) atoms. The highest BCUT2D eigenvalue weighted by Gasteiger charge is 2.30. The minimum atomic E-state index is -0.245. The quantitative estimate of drug-likeness (QED) is 0.360. The van der Waals surface area contributed by atoms with Gasteiger partial charge in [0.15, 0.2) is 5.78 Å². The van der Waals surface area contributed by atoms with E-state index in [1.807, 2.05) is 52.0 Å². The second-order valence-electron chi connectivity index (χ2n) is 8.90. The first-order valence-corrected chi connectivity index (χ1v) is 11.5. The molecule has 1 saturated heterocycles. The lowest BCUT2D eigenvalue weighted by Crippen LogP contribution is -2.40. The van der Waals surface area contributed by atoms with Crippen molar-refractivity contribution in [3.05, 3.63) is 63.5 Å². The maximum Gasteiger partial charge on any atom is 0.264 e. The fourth-order valence-corrected chi connectivity index (χ4v) is 4.66. The monoisotopic (exact) mass is 431 g/mol. The van der Waals surface area contributed by atoms with Gasteiger partial charge in [-0.1, -0.05) is 30.7 Å². The topological polar surface area (TPSA) is 66.1 Å². The summed E-state index contributed by atoms with van der Waals surface area (Å²) in [4.78, 5) is 27.8. The summed E-state index contributed by atoms with van der Waals surface area (Å²) in [5.41, 5.74) is 6.20. The lowest BCUT2D eigenvalue weighted by Gasteiger charge is -2.31. The molecule has 5 nitrogen and oxygen atoms in total. The summed E-state index contributed by atoms with van der Waals surface area (Å²) in [5, 5.41) is 9.67. The van der Waals surface area contributed by atoms with E-state index in [4.69, 9.17) is 0 Å². The molecule has 0 aliphatic carbocycles. The molecule has 5 heteroatoms. The van der Waals surface area contributed by atoms with E-state index in [0.717, 1.165) is 46.6 Å². The zero-order valence-electron chi connectivity index (χ0n) is 19.9. The number of nitrogens with zero attached hydrogens (tertiary/aromatic N) is 3. The zero-order valence-corrected chi connectivity index (χ0v) is 19.9. The van der Waals surface area contributed by atoms with Gasteiger partial charge in [-0.05, 0) is 70.2 Å². The van der Waals surface area contributed by atoms with Crippen molar-refractivity contribution >= 4 is 17.8 Å². The Balaban J connectivity index is 1.70. The van der Waals surface area contributed by atoms with Crippen LogP contribution in [0, 0.1) is 44.9 Å². The van der Waals surface area contributed by atoms with Crippen LogP contribution in [0.25, 0.3) is 6.08 Å². The number of aromatic nitrogens is 1. The number of rotatable bonds is 6. The molecule has 0 radical (unpaired) electrons. The Morgan fingerprint density at radius 3 is 2.41 bits per heavy atom. The van der Waals surface area contributed by atoms with Crippen molar-refractivity contribution in [2.45, 2.75) is 60.4 Å². The fraction of sp³-hybridized carbons (Fsp3) is 0.444. The molecule has 0 atom stereocenters. The molecule has 0 bridgehead atoms. The van der Waals surface area contributed by atoms with Gasteiger partial charge >= 0.3 is 0 Å². The first kappa shape index (κ1) is 23.5. The van der Waals surface area contributed by atoms with Crippen molar-refractivity contribution in [2.75, 3.05) is 13.1 Å². The maximum atomic E-state index is 13.0. The molecular weight excluding hydrogens is 398 g/mol. The van der Waals surface area contributed by atoms with Crippen LogP contribution in [0.5, 0.6) is 0 Å². The number of carbonyl (C=O) groups excluding carboxylic acids is 2. The number of piperidine rings is 1. The average Bonchev–Trinajstić information content (AvgIpc) is 3.04. The van der Waals surface area contributed by atoms with Gasteiger partial charge in [-0.25, -0.2) is 0 Å². The molecule has 0 spiro atoms. The minimum Gasteiger partial charge on any atom is -0.349 e. The van der Waals surface area contributed by atoms with Crippen molar-refractivity contribution in [1.82, 2.24) is 9.47 Å². The van der Waals surface area contributed by atoms with Crippen LogP contribution in [-0.4, -0.2) is 34.2 Å². The molecule has 1 aromatic carbocycles. The summed E-state index contributed by atoms with van der Waals surface area (Å²) < 4.78 is 2.22. The van der Waals surface area contributed by atoms with Crippen LogP contribution in [0.15, 0.2) is 29.8 Å². The molecular formula is C27H33N3O2. The van der Waals surface area contributed by atoms with Gasteiger partial charge in [-0.15, -0.1) is 0 Å². The van der Waals surface area contributed by atoms with Crippen LogP contribution in [0.1, 0.15) is 64.6 Å². The van der Waals surface area contributed by atoms with Crippen molar-refractivity contribution in [3.63, 3.8) is 0 Å². The predicted molar refractivity (Wildman–Crippen MR) is 127 cm³/mol. The third-order valence-corrected chi connectivity index (χ3v) is 6.51. The molecule has 2 heterocycles. The Morgan fingerprint density at radius 1 is 1.12 bits per heavy atom. The number of aryl methyl sites for hydroxylation is 3. The fourth-order valence-electron chi connectivity index (χ4n) is 4.66. The van der Waals surface area contributed by atoms with Crippen molar-refractivity contribution < 1.29 is 9.59 Å². The molecule has 1 fully saturated rings. The van der Waals surface area contributed by atoms with Gasteiger partial charge in [0.05, 0.1) is 0 Å². The van der Waals surface area contributed by atoms with Crippen molar-refractivity contribution in [2.24, 2.45) is 5.92 Å². The number of hydrogen-bond donors (Lipinski definition) is 0. The number of Topliss-reactive ketones (excluding diaryl/α,β-unsaturated/α-hetero) is 1. The molecule has 0 saturated carbocycles. The van der Waals surface area contributed by atoms with E-state index in [1.165, 1.54) is 0 Å². The molecule has 1 aromatic heterocycles. The number of ketones is 1. The number of hydrogen-bond acceptors (Lipinski definition) is 3. The first-order valence-electron chi connectivity index (χ1n) is 11.5. The zero-order chi connectivity index (χ0) is 23.4. The van der Waals surface area contributed by atoms with Crippen LogP contribution in [0.4, 0.5) is 0 Å². The Bertz CT molecular complexity index is 1090. The largest absolute Gasteiger partial charge is 0.349 e. The number of nitriles is 1. The Labute approximate surface area is 191 Å². The van der Waals surface area contributed by atoms with Crippen molar-refractivity contribution in [1.29, 1.82) is 5.26 Å². The Kier molecular flexibility index (Phi) is 7.35. The summed E-state index contributed by atoms with van der Waals surface area (Å²) in [6, 6.07) is 10.1. The van der Waals surface area contributed by atoms with Crippen LogP contribution < -0.4 is 0 Å². The van der Waals surface area contributed by atoms with Gasteiger partial charge in [0.2, 0.25) is 0 Å². The lowest BCUT2D eigenvalue weighted by atomic mass is 9.87. The number of likely N-dealkylation sites (tertiary alicyclic amines) is 1. The van der Waals surface area contributed by atoms with Gasteiger partial charge in [-0.2, -0.15) is 5.26 Å². The average molecular weight is 432 g/mol. The summed E-state index contributed by atoms with van der Waals surface area (Å²) in [7, 11) is 0. The van der Waals surface area contributed by atoms with E-state index in [2.05, 4.69) is 17.6 Å². The summed E-state index contributed by atoms with van der Waals surface area (Å²) >= 11 is 0. The smallest absolute Gasteiger partial charge is 0.264 e. The molecule has 1 aliphatic rings. The van der Waals surface area contributed by atoms with Gasteiger partial charge < -0.3 is 9.47 Å². The molecule has 168 valence electrons. The molecule has 3 rings (SSSR count). The van der Waals surface area contributed by atoms with E-state index in [-0.39, 0.29) is 23.2 Å². The highest BCUT2D eigenvalue weighted by molar-refractivity contribution is 6.02. The molecule has 2 aromatic rings. The molecule has 0 N–H and O–H groups in total. The second kappa shape index (κ2) is 9.99. The molecule has 1 aliphatic heterocycles. The van der Waals surface area contributed by atoms with Crippen LogP contribution in [-0.2, 0) is 11.3 Å². The summed E-state index contributed by atoms with van der Waals surface area (Å²) in [6.45, 7) is 12.1. The number of amides is 1. The lowest BCUT2D eigenvalue weighted by molar-refractivity contribution is -0.127. The van der Waals surface area contributed by atoms with E-state index >= 15 is 0 Å². The maximum absolute atomic E-state index is 13.0. The third kappa shape index (κ3) is 4.85. The van der Waals surface area contributed by atoms with E-state index in [0.29, 0.717) is 25.9 Å². The number of carbonyl (C=O) groups is 2. The van der Waals surface area contributed by atoms with E-state index in [1.54, 1.807) is 11.0 Å². The summed E-state index contributed by atoms with van der Waals surface area (Å²) in [6.07, 6.45) is 3.99. The van der Waals surface area contributed by atoms with Gasteiger partial charge in [0.25, 0.3) is 5.91 Å². The predicted octanol–water partition coefficient (Wildman–Crippen LogP) is 5.16. The van der Waals surface area contributed by atoms with E-state index in [9.17, 15) is 14.9 Å². The molecule has 1 amide bonds. The van der Waals surface area contributed by atoms with Gasteiger partial charge in [0.1, 0.15) is 11.6 Å². The normalized spacial score (nSPS) is 15.0. The highest BCUT2D eigenvalue weighted by Crippen LogP contribution is 2.25. The third-order valence-electron chi connectivity index (χ3n) is 6.51. The van der Waals surface area contributed by atoms with Gasteiger partial charge in [0, 0.05) is 42.5 Å². The first-order chi connectivity index (χ1) is 15.3. The number of benzene rings is 1. The standard InChI is InChI=1S/C27H33N3O2/c1-6-11-30-20(4)15-23(21(30)5)16-24(17-28)27(32)29-12-9-22(10-13-29)26(31)25-8-7-18(2)14-19(25)3/h7-8,14-16,22H,6,9-13H2,1-5H3. The highest BCUT2D eigenvalue weighted by atomic mass is 16.2. The minimum absolute atomic E-state index is 0.0806. The van der Waals surface area contributed by atoms with E-state index < -0.39 is 0 Å². The second-order valence-corrected chi connectivity index (χ2v) is 8.90. The van der Waals surface area contributed by atoms with Gasteiger partial charge in [-0.3, -0.25) is 9.59 Å². The van der Waals surface area contributed by atoms with Crippen LogP contribution >= 0.6 is 0 Å². The molecule has 0 unspecified atom stereocenters. The van der Waals surface area contributed by atoms with Crippen LogP contribution in [0.3, 0.4) is 0 Å². The van der Waals surface area contributed by atoms with Crippen molar-refractivity contribution in [3.8, 4) is 6.07 Å². The van der Waals surface area contributed by atoms with Crippen LogP contribution in [0.2, 0.25) is 0 Å².